The zero-order chi connectivity index (χ0) is 17.7. The van der Waals surface area contributed by atoms with E-state index in [1.165, 1.54) is 17.5 Å². The van der Waals surface area contributed by atoms with E-state index in [4.69, 9.17) is 9.47 Å². The number of hydrogen-bond acceptors (Lipinski definition) is 4. The number of hydrogen-bond donors (Lipinski definition) is 0. The predicted octanol–water partition coefficient (Wildman–Crippen LogP) is 4.07. The Hall–Kier alpha value is -1.73. The number of benzene rings is 2. The van der Waals surface area contributed by atoms with Gasteiger partial charge in [0.1, 0.15) is 11.5 Å². The smallest absolute Gasteiger partial charge is 0.264 e. The average Bonchev–Trinajstić information content (AvgIpc) is 2.57. The van der Waals surface area contributed by atoms with Crippen molar-refractivity contribution < 1.29 is 17.9 Å². The summed E-state index contributed by atoms with van der Waals surface area (Å²) in [5, 5.41) is 0. The van der Waals surface area contributed by atoms with E-state index in [1.54, 1.807) is 37.3 Å². The number of anilines is 1. The molecule has 2 aromatic carbocycles. The Labute approximate surface area is 151 Å². The Kier molecular flexibility index (Phi) is 6.12. The molecule has 0 heterocycles. The first kappa shape index (κ1) is 18.6. The van der Waals surface area contributed by atoms with Crippen molar-refractivity contribution in [3.05, 3.63) is 46.9 Å². The van der Waals surface area contributed by atoms with Gasteiger partial charge in [0.25, 0.3) is 10.0 Å². The van der Waals surface area contributed by atoms with Crippen molar-refractivity contribution in [1.29, 1.82) is 0 Å². The fraction of sp³-hybridized carbons (Fsp3) is 0.294. The zero-order valence-electron chi connectivity index (χ0n) is 13.8. The van der Waals surface area contributed by atoms with Crippen LogP contribution in [-0.2, 0) is 10.0 Å². The van der Waals surface area contributed by atoms with Crippen LogP contribution in [0.4, 0.5) is 5.69 Å². The van der Waals surface area contributed by atoms with Gasteiger partial charge in [-0.05, 0) is 60.1 Å². The first-order valence-corrected chi connectivity index (χ1v) is 9.77. The lowest BCUT2D eigenvalue weighted by Crippen LogP contribution is -2.31. The summed E-state index contributed by atoms with van der Waals surface area (Å²) in [5.41, 5.74) is 0.522. The molecule has 0 saturated heterocycles. The van der Waals surface area contributed by atoms with Crippen LogP contribution in [-0.4, -0.2) is 28.7 Å². The topological polar surface area (TPSA) is 55.8 Å². The highest BCUT2D eigenvalue weighted by molar-refractivity contribution is 9.10. The monoisotopic (exact) mass is 413 g/mol. The van der Waals surface area contributed by atoms with Gasteiger partial charge in [0.15, 0.2) is 0 Å². The lowest BCUT2D eigenvalue weighted by molar-refractivity contribution is 0.341. The van der Waals surface area contributed by atoms with Crippen molar-refractivity contribution in [1.82, 2.24) is 0 Å². The van der Waals surface area contributed by atoms with Gasteiger partial charge in [-0.2, -0.15) is 0 Å². The van der Waals surface area contributed by atoms with E-state index in [2.05, 4.69) is 15.9 Å². The normalized spacial score (nSPS) is 11.2. The van der Waals surface area contributed by atoms with Crippen LogP contribution in [0.5, 0.6) is 11.5 Å². The van der Waals surface area contributed by atoms with E-state index in [1.807, 2.05) is 13.0 Å². The standard InChI is InChI=1S/C17H20BrNO4S/c1-4-19(15-8-6-7-9-17(15)23-5-2)24(20,21)13-10-11-16(22-3)14(18)12-13/h6-12H,4-5H2,1-3H3. The molecule has 0 atom stereocenters. The van der Waals surface area contributed by atoms with E-state index in [-0.39, 0.29) is 11.4 Å². The van der Waals surface area contributed by atoms with Crippen molar-refractivity contribution in [2.75, 3.05) is 24.6 Å². The summed E-state index contributed by atoms with van der Waals surface area (Å²) in [4.78, 5) is 0.184. The van der Waals surface area contributed by atoms with Crippen LogP contribution in [0.15, 0.2) is 51.8 Å². The molecule has 5 nitrogen and oxygen atoms in total. The molecular weight excluding hydrogens is 394 g/mol. The molecule has 24 heavy (non-hydrogen) atoms. The number of para-hydroxylation sites is 2. The lowest BCUT2D eigenvalue weighted by atomic mass is 10.3. The average molecular weight is 414 g/mol. The van der Waals surface area contributed by atoms with E-state index >= 15 is 0 Å². The maximum Gasteiger partial charge on any atom is 0.264 e. The molecule has 0 aliphatic rings. The van der Waals surface area contributed by atoms with Gasteiger partial charge in [-0.15, -0.1) is 0 Å². The first-order chi connectivity index (χ1) is 11.5. The Bertz CT molecular complexity index is 808. The van der Waals surface area contributed by atoms with Crippen LogP contribution in [0.3, 0.4) is 0 Å². The predicted molar refractivity (Wildman–Crippen MR) is 98.5 cm³/mol. The second-order valence-corrected chi connectivity index (χ2v) is 7.58. The quantitative estimate of drug-likeness (QED) is 0.686. The summed E-state index contributed by atoms with van der Waals surface area (Å²) in [7, 11) is -2.19. The summed E-state index contributed by atoms with van der Waals surface area (Å²) < 4.78 is 38.8. The highest BCUT2D eigenvalue weighted by Gasteiger charge is 2.26. The number of sulfonamides is 1. The summed E-state index contributed by atoms with van der Waals surface area (Å²) >= 11 is 3.33. The highest BCUT2D eigenvalue weighted by atomic mass is 79.9. The van der Waals surface area contributed by atoms with Crippen molar-refractivity contribution in [3.63, 3.8) is 0 Å². The van der Waals surface area contributed by atoms with Crippen LogP contribution in [0, 0.1) is 0 Å². The van der Waals surface area contributed by atoms with E-state index in [9.17, 15) is 8.42 Å². The molecule has 7 heteroatoms. The minimum absolute atomic E-state index is 0.184. The van der Waals surface area contributed by atoms with E-state index in [0.29, 0.717) is 28.3 Å². The number of ether oxygens (including phenoxy) is 2. The Balaban J connectivity index is 2.51. The molecule has 0 radical (unpaired) electrons. The molecule has 2 rings (SSSR count). The lowest BCUT2D eigenvalue weighted by Gasteiger charge is -2.25. The molecule has 0 aliphatic carbocycles. The van der Waals surface area contributed by atoms with Crippen molar-refractivity contribution in [2.45, 2.75) is 18.7 Å². The maximum absolute atomic E-state index is 13.1. The molecule has 0 aromatic heterocycles. The summed E-state index contributed by atoms with van der Waals surface area (Å²) in [5.74, 6) is 1.12. The summed E-state index contributed by atoms with van der Waals surface area (Å²) in [6, 6.07) is 11.8. The molecule has 130 valence electrons. The maximum atomic E-state index is 13.1. The van der Waals surface area contributed by atoms with Crippen LogP contribution >= 0.6 is 15.9 Å². The summed E-state index contributed by atoms with van der Waals surface area (Å²) in [6.07, 6.45) is 0. The number of rotatable bonds is 7. The van der Waals surface area contributed by atoms with Crippen LogP contribution < -0.4 is 13.8 Å². The number of nitrogens with zero attached hydrogens (tertiary/aromatic N) is 1. The molecule has 0 saturated carbocycles. The largest absolute Gasteiger partial charge is 0.496 e. The van der Waals surface area contributed by atoms with Crippen LogP contribution in [0.1, 0.15) is 13.8 Å². The van der Waals surface area contributed by atoms with Crippen molar-refractivity contribution in [3.8, 4) is 11.5 Å². The van der Waals surface area contributed by atoms with E-state index < -0.39 is 10.0 Å². The molecule has 0 aliphatic heterocycles. The van der Waals surface area contributed by atoms with Crippen molar-refractivity contribution in [2.24, 2.45) is 0 Å². The van der Waals surface area contributed by atoms with Crippen LogP contribution in [0.25, 0.3) is 0 Å². The summed E-state index contributed by atoms with van der Waals surface area (Å²) in [6.45, 7) is 4.40. The molecule has 0 N–H and O–H groups in total. The van der Waals surface area contributed by atoms with Gasteiger partial charge in [-0.1, -0.05) is 12.1 Å². The van der Waals surface area contributed by atoms with E-state index in [0.717, 1.165) is 0 Å². The third kappa shape index (κ3) is 3.67. The molecule has 2 aromatic rings. The number of halogens is 1. The fourth-order valence-electron chi connectivity index (χ4n) is 2.35. The minimum atomic E-state index is -3.72. The molecule has 0 spiro atoms. The Morgan fingerprint density at radius 1 is 1.08 bits per heavy atom. The van der Waals surface area contributed by atoms with Gasteiger partial charge in [-0.3, -0.25) is 4.31 Å². The SMILES string of the molecule is CCOc1ccccc1N(CC)S(=O)(=O)c1ccc(OC)c(Br)c1. The molecule has 0 amide bonds. The van der Waals surface area contributed by atoms with Gasteiger partial charge in [0, 0.05) is 6.54 Å². The van der Waals surface area contributed by atoms with Gasteiger partial charge >= 0.3 is 0 Å². The zero-order valence-corrected chi connectivity index (χ0v) is 16.2. The Morgan fingerprint density at radius 2 is 1.79 bits per heavy atom. The second-order valence-electron chi connectivity index (χ2n) is 4.87. The van der Waals surface area contributed by atoms with Gasteiger partial charge < -0.3 is 9.47 Å². The highest BCUT2D eigenvalue weighted by Crippen LogP contribution is 2.34. The third-order valence-electron chi connectivity index (χ3n) is 3.43. The third-order valence-corrected chi connectivity index (χ3v) is 5.94. The number of methoxy groups -OCH3 is 1. The second kappa shape index (κ2) is 7.90. The van der Waals surface area contributed by atoms with Gasteiger partial charge in [-0.25, -0.2) is 8.42 Å². The first-order valence-electron chi connectivity index (χ1n) is 7.53. The molecule has 0 bridgehead atoms. The molecule has 0 fully saturated rings. The molecule has 0 unspecified atom stereocenters. The van der Waals surface area contributed by atoms with Gasteiger partial charge in [0.2, 0.25) is 0 Å². The fourth-order valence-corrected chi connectivity index (χ4v) is 4.55. The molecular formula is C17H20BrNO4S. The van der Waals surface area contributed by atoms with Gasteiger partial charge in [0.05, 0.1) is 28.8 Å². The Morgan fingerprint density at radius 3 is 2.38 bits per heavy atom. The minimum Gasteiger partial charge on any atom is -0.496 e. The van der Waals surface area contributed by atoms with Crippen molar-refractivity contribution >= 4 is 31.6 Å². The van der Waals surface area contributed by atoms with Crippen LogP contribution in [0.2, 0.25) is 0 Å².